The van der Waals surface area contributed by atoms with Crippen LogP contribution in [-0.4, -0.2) is 49.0 Å². The first-order chi connectivity index (χ1) is 15.5. The molecule has 172 valence electrons. The minimum absolute atomic E-state index is 0.103. The summed E-state index contributed by atoms with van der Waals surface area (Å²) in [6.45, 7) is 1.68. The van der Waals surface area contributed by atoms with Crippen molar-refractivity contribution in [2.45, 2.75) is 50.5 Å². The van der Waals surface area contributed by atoms with Gasteiger partial charge in [0, 0.05) is 0 Å². The summed E-state index contributed by atoms with van der Waals surface area (Å²) in [6, 6.07) is 16.0. The minimum atomic E-state index is -0.587. The van der Waals surface area contributed by atoms with Crippen molar-refractivity contribution in [1.29, 1.82) is 0 Å². The summed E-state index contributed by atoms with van der Waals surface area (Å²) in [7, 11) is 1.53. The molecule has 1 saturated heterocycles. The van der Waals surface area contributed by atoms with E-state index in [1.54, 1.807) is 18.2 Å². The minimum Gasteiger partial charge on any atom is -0.495 e. The van der Waals surface area contributed by atoms with Gasteiger partial charge in [0.25, 0.3) is 0 Å². The zero-order valence-electron chi connectivity index (χ0n) is 18.4. The summed E-state index contributed by atoms with van der Waals surface area (Å²) in [5, 5.41) is 18.4. The number of aliphatic hydroxyl groups is 1. The molecule has 0 spiro atoms. The monoisotopic (exact) mass is 441 g/mol. The van der Waals surface area contributed by atoms with E-state index in [4.69, 9.17) is 9.47 Å². The molecule has 1 aliphatic rings. The van der Waals surface area contributed by atoms with Crippen LogP contribution in [0.25, 0.3) is 0 Å². The molecule has 3 amide bonds. The van der Waals surface area contributed by atoms with Gasteiger partial charge in [0.2, 0.25) is 5.91 Å². The van der Waals surface area contributed by atoms with E-state index in [-0.39, 0.29) is 37.1 Å². The fourth-order valence-electron chi connectivity index (χ4n) is 3.85. The van der Waals surface area contributed by atoms with Crippen molar-refractivity contribution in [2.24, 2.45) is 0 Å². The maximum Gasteiger partial charge on any atom is 0.319 e. The Kier molecular flexibility index (Phi) is 8.47. The lowest BCUT2D eigenvalue weighted by Crippen LogP contribution is -2.52. The first kappa shape index (κ1) is 23.6. The number of para-hydroxylation sites is 2. The zero-order valence-corrected chi connectivity index (χ0v) is 18.4. The summed E-state index contributed by atoms with van der Waals surface area (Å²) in [5.41, 5.74) is 1.58. The number of rotatable bonds is 8. The number of benzene rings is 2. The summed E-state index contributed by atoms with van der Waals surface area (Å²) in [5.74, 6) is 0.445. The average molecular weight is 442 g/mol. The molecule has 2 aromatic rings. The number of carbonyl (C=O) groups excluding carboxylic acids is 2. The third-order valence-electron chi connectivity index (χ3n) is 5.56. The molecule has 32 heavy (non-hydrogen) atoms. The van der Waals surface area contributed by atoms with Gasteiger partial charge in [0.05, 0.1) is 44.0 Å². The highest BCUT2D eigenvalue weighted by Crippen LogP contribution is 2.25. The molecule has 1 aliphatic heterocycles. The van der Waals surface area contributed by atoms with Crippen LogP contribution in [-0.2, 0) is 9.53 Å². The van der Waals surface area contributed by atoms with Gasteiger partial charge in [-0.05, 0) is 37.5 Å². The second-order valence-corrected chi connectivity index (χ2v) is 7.87. The molecule has 8 heteroatoms. The SMILES string of the molecule is COc1ccccc1NC(=O)N[C@@H]1CC[C@@H](CC(=O)N[C@@H](C)c2ccccc2)O[C@H]1CO. The fourth-order valence-corrected chi connectivity index (χ4v) is 3.85. The highest BCUT2D eigenvalue weighted by Gasteiger charge is 2.33. The molecular formula is C24H31N3O5. The lowest BCUT2D eigenvalue weighted by Gasteiger charge is -2.36. The molecule has 3 rings (SSSR count). The van der Waals surface area contributed by atoms with E-state index >= 15 is 0 Å². The molecule has 0 aromatic heterocycles. The summed E-state index contributed by atoms with van der Waals surface area (Å²) >= 11 is 0. The molecule has 0 radical (unpaired) electrons. The fraction of sp³-hybridized carbons (Fsp3) is 0.417. The van der Waals surface area contributed by atoms with Crippen LogP contribution in [0.15, 0.2) is 54.6 Å². The average Bonchev–Trinajstić information content (AvgIpc) is 2.80. The van der Waals surface area contributed by atoms with Crippen molar-refractivity contribution in [3.63, 3.8) is 0 Å². The van der Waals surface area contributed by atoms with E-state index in [0.717, 1.165) is 5.56 Å². The molecule has 0 saturated carbocycles. The van der Waals surface area contributed by atoms with Gasteiger partial charge in [-0.15, -0.1) is 0 Å². The van der Waals surface area contributed by atoms with Crippen LogP contribution in [0, 0.1) is 0 Å². The summed E-state index contributed by atoms with van der Waals surface area (Å²) < 4.78 is 11.2. The number of aliphatic hydroxyl groups excluding tert-OH is 1. The van der Waals surface area contributed by atoms with Crippen LogP contribution in [0.4, 0.5) is 10.5 Å². The number of ether oxygens (including phenoxy) is 2. The Morgan fingerprint density at radius 3 is 2.56 bits per heavy atom. The summed E-state index contributed by atoms with van der Waals surface area (Å²) in [6.07, 6.45) is 0.496. The largest absolute Gasteiger partial charge is 0.495 e. The van der Waals surface area contributed by atoms with Crippen LogP contribution < -0.4 is 20.7 Å². The lowest BCUT2D eigenvalue weighted by molar-refractivity contribution is -0.131. The Labute approximate surface area is 188 Å². The number of hydrogen-bond donors (Lipinski definition) is 4. The Hall–Kier alpha value is -3.10. The predicted molar refractivity (Wildman–Crippen MR) is 122 cm³/mol. The Bertz CT molecular complexity index is 892. The van der Waals surface area contributed by atoms with E-state index in [1.165, 1.54) is 7.11 Å². The van der Waals surface area contributed by atoms with Gasteiger partial charge in [0.15, 0.2) is 0 Å². The zero-order chi connectivity index (χ0) is 22.9. The molecule has 2 aromatic carbocycles. The van der Waals surface area contributed by atoms with E-state index in [2.05, 4.69) is 16.0 Å². The Balaban J connectivity index is 1.48. The normalized spacial score (nSPS) is 21.3. The molecule has 0 unspecified atom stereocenters. The smallest absolute Gasteiger partial charge is 0.319 e. The van der Waals surface area contributed by atoms with Crippen LogP contribution in [0.1, 0.15) is 37.8 Å². The maximum atomic E-state index is 12.5. The number of amides is 3. The third kappa shape index (κ3) is 6.45. The van der Waals surface area contributed by atoms with Crippen molar-refractivity contribution in [1.82, 2.24) is 10.6 Å². The quantitative estimate of drug-likeness (QED) is 0.504. The molecule has 0 aliphatic carbocycles. The number of carbonyl (C=O) groups is 2. The Morgan fingerprint density at radius 2 is 1.84 bits per heavy atom. The molecule has 4 N–H and O–H groups in total. The first-order valence-corrected chi connectivity index (χ1v) is 10.8. The number of methoxy groups -OCH3 is 1. The van der Waals surface area contributed by atoms with E-state index in [9.17, 15) is 14.7 Å². The van der Waals surface area contributed by atoms with Gasteiger partial charge < -0.3 is 30.5 Å². The van der Waals surface area contributed by atoms with Crippen LogP contribution in [0.2, 0.25) is 0 Å². The molecular weight excluding hydrogens is 410 g/mol. The van der Waals surface area contributed by atoms with Gasteiger partial charge >= 0.3 is 6.03 Å². The molecule has 0 bridgehead atoms. The van der Waals surface area contributed by atoms with E-state index < -0.39 is 12.1 Å². The third-order valence-corrected chi connectivity index (χ3v) is 5.56. The number of hydrogen-bond acceptors (Lipinski definition) is 5. The number of nitrogens with one attached hydrogen (secondary N) is 3. The second kappa shape index (κ2) is 11.5. The second-order valence-electron chi connectivity index (χ2n) is 7.87. The van der Waals surface area contributed by atoms with Crippen LogP contribution >= 0.6 is 0 Å². The van der Waals surface area contributed by atoms with Crippen molar-refractivity contribution >= 4 is 17.6 Å². The number of urea groups is 1. The Morgan fingerprint density at radius 1 is 1.12 bits per heavy atom. The van der Waals surface area contributed by atoms with E-state index in [0.29, 0.717) is 24.3 Å². The lowest BCUT2D eigenvalue weighted by atomic mass is 9.97. The topological polar surface area (TPSA) is 109 Å². The predicted octanol–water partition coefficient (Wildman–Crippen LogP) is 2.99. The van der Waals surface area contributed by atoms with Gasteiger partial charge in [-0.1, -0.05) is 42.5 Å². The maximum absolute atomic E-state index is 12.5. The number of anilines is 1. The van der Waals surface area contributed by atoms with Gasteiger partial charge in [0.1, 0.15) is 11.9 Å². The standard InChI is InChI=1S/C24H31N3O5/c1-16(17-8-4-3-5-9-17)25-23(29)14-18-12-13-20(22(15-28)32-18)27-24(30)26-19-10-6-7-11-21(19)31-2/h3-11,16,18,20,22,28H,12-15H2,1-2H3,(H,25,29)(H2,26,27,30)/t16-,18-,20+,22-/m0/s1. The van der Waals surface area contributed by atoms with Crippen LogP contribution in [0.3, 0.4) is 0 Å². The first-order valence-electron chi connectivity index (χ1n) is 10.8. The van der Waals surface area contributed by atoms with Gasteiger partial charge in [-0.25, -0.2) is 4.79 Å². The van der Waals surface area contributed by atoms with Crippen molar-refractivity contribution in [3.8, 4) is 5.75 Å². The molecule has 8 nitrogen and oxygen atoms in total. The van der Waals surface area contributed by atoms with E-state index in [1.807, 2.05) is 43.3 Å². The highest BCUT2D eigenvalue weighted by atomic mass is 16.5. The molecule has 1 heterocycles. The molecule has 1 fully saturated rings. The van der Waals surface area contributed by atoms with Crippen LogP contribution in [0.5, 0.6) is 5.75 Å². The van der Waals surface area contributed by atoms with Gasteiger partial charge in [-0.2, -0.15) is 0 Å². The van der Waals surface area contributed by atoms with Crippen molar-refractivity contribution in [2.75, 3.05) is 19.0 Å². The highest BCUT2D eigenvalue weighted by molar-refractivity contribution is 5.91. The van der Waals surface area contributed by atoms with Crippen molar-refractivity contribution < 1.29 is 24.2 Å². The molecule has 4 atom stereocenters. The van der Waals surface area contributed by atoms with Crippen molar-refractivity contribution in [3.05, 3.63) is 60.2 Å². The summed E-state index contributed by atoms with van der Waals surface area (Å²) in [4.78, 5) is 24.9. The van der Waals surface area contributed by atoms with Gasteiger partial charge in [-0.3, -0.25) is 4.79 Å².